The average molecular weight is 423 g/mol. The van der Waals surface area contributed by atoms with Crippen molar-refractivity contribution in [1.29, 1.82) is 0 Å². The molecule has 31 heavy (non-hydrogen) atoms. The summed E-state index contributed by atoms with van der Waals surface area (Å²) in [6.07, 6.45) is 9.16. The van der Waals surface area contributed by atoms with Gasteiger partial charge in [0.2, 0.25) is 5.91 Å². The van der Waals surface area contributed by atoms with Gasteiger partial charge in [-0.1, -0.05) is 31.4 Å². The summed E-state index contributed by atoms with van der Waals surface area (Å²) in [4.78, 5) is 32.7. The van der Waals surface area contributed by atoms with Gasteiger partial charge >= 0.3 is 0 Å². The molecule has 1 saturated heterocycles. The first-order valence-corrected chi connectivity index (χ1v) is 11.4. The Labute approximate surface area is 182 Å². The molecule has 3 aliphatic rings. The molecule has 2 N–H and O–H groups in total. The van der Waals surface area contributed by atoms with Gasteiger partial charge in [-0.3, -0.25) is 19.5 Å². The molecule has 2 aromatic rings. The molecule has 2 bridgehead atoms. The second kappa shape index (κ2) is 8.55. The fourth-order valence-corrected chi connectivity index (χ4v) is 5.94. The number of hydrogen-bond acceptors (Lipinski definition) is 5. The number of nitrogens with one attached hydrogen (secondary N) is 1. The standard InChI is InChI=1S/C24H30N4O3/c29-15-18-20-14-27-19(9-4-10-21(27)30)23(28(20)13-16-6-5-11-25-12-16)22(18)24(31)26-17-7-2-1-3-8-17/h4-6,9-12,17-18,20,22-23,29H,1-3,7-8,13-15H2,(H,26,31)/t18-,20-,22+,23+/m1/s1. The minimum Gasteiger partial charge on any atom is -0.396 e. The van der Waals surface area contributed by atoms with Gasteiger partial charge in [0.05, 0.1) is 12.0 Å². The molecule has 0 spiro atoms. The van der Waals surface area contributed by atoms with Gasteiger partial charge in [-0.2, -0.15) is 0 Å². The number of carbonyl (C=O) groups excluding carboxylic acids is 1. The third kappa shape index (κ3) is 3.70. The summed E-state index contributed by atoms with van der Waals surface area (Å²) in [7, 11) is 0. The van der Waals surface area contributed by atoms with Crippen molar-refractivity contribution in [1.82, 2.24) is 19.8 Å². The Balaban J connectivity index is 1.52. The van der Waals surface area contributed by atoms with Crippen LogP contribution in [0.3, 0.4) is 0 Å². The Hall–Kier alpha value is -2.51. The molecule has 7 nitrogen and oxygen atoms in total. The van der Waals surface area contributed by atoms with E-state index in [1.165, 1.54) is 6.42 Å². The highest BCUT2D eigenvalue weighted by molar-refractivity contribution is 5.81. The molecule has 1 amide bonds. The maximum absolute atomic E-state index is 13.6. The SMILES string of the molecule is O=C(NC1CCCCC1)[C@H]1[C@H](CO)[C@H]2Cn3c(cccc3=O)[C@@H]1N2Cc1cccnc1. The van der Waals surface area contributed by atoms with E-state index in [4.69, 9.17) is 0 Å². The second-order valence-corrected chi connectivity index (χ2v) is 9.16. The molecule has 0 aromatic carbocycles. The molecule has 2 fully saturated rings. The first kappa shape index (κ1) is 20.4. The Morgan fingerprint density at radius 2 is 2.00 bits per heavy atom. The van der Waals surface area contributed by atoms with Crippen LogP contribution in [0.1, 0.15) is 49.4 Å². The third-order valence-electron chi connectivity index (χ3n) is 7.39. The number of aliphatic hydroxyl groups excluding tert-OH is 1. The van der Waals surface area contributed by atoms with Crippen molar-refractivity contribution in [3.8, 4) is 0 Å². The van der Waals surface area contributed by atoms with Crippen LogP contribution in [0.2, 0.25) is 0 Å². The molecule has 0 radical (unpaired) electrons. The van der Waals surface area contributed by atoms with Crippen molar-refractivity contribution in [3.63, 3.8) is 0 Å². The van der Waals surface area contributed by atoms with E-state index in [9.17, 15) is 14.7 Å². The summed E-state index contributed by atoms with van der Waals surface area (Å²) in [5, 5.41) is 13.7. The van der Waals surface area contributed by atoms with Gasteiger partial charge in [-0.25, -0.2) is 0 Å². The average Bonchev–Trinajstić information content (AvgIpc) is 3.00. The van der Waals surface area contributed by atoms with Gasteiger partial charge in [0, 0.05) is 61.9 Å². The maximum atomic E-state index is 13.6. The molecule has 0 unspecified atom stereocenters. The van der Waals surface area contributed by atoms with Gasteiger partial charge in [0.25, 0.3) is 5.56 Å². The largest absolute Gasteiger partial charge is 0.396 e. The number of hydrogen-bond donors (Lipinski definition) is 2. The monoisotopic (exact) mass is 422 g/mol. The second-order valence-electron chi connectivity index (χ2n) is 9.16. The van der Waals surface area contributed by atoms with Crippen LogP contribution in [-0.2, 0) is 17.9 Å². The van der Waals surface area contributed by atoms with Crippen molar-refractivity contribution in [2.24, 2.45) is 11.8 Å². The van der Waals surface area contributed by atoms with Gasteiger partial charge in [0.1, 0.15) is 0 Å². The Morgan fingerprint density at radius 1 is 1.16 bits per heavy atom. The molecule has 2 aliphatic heterocycles. The molecule has 1 saturated carbocycles. The number of fused-ring (bicyclic) bond motifs is 4. The number of pyridine rings is 2. The van der Waals surface area contributed by atoms with E-state index in [0.717, 1.165) is 36.9 Å². The van der Waals surface area contributed by atoms with Crippen LogP contribution in [-0.4, -0.2) is 44.2 Å². The lowest BCUT2D eigenvalue weighted by atomic mass is 9.85. The zero-order valence-corrected chi connectivity index (χ0v) is 17.7. The summed E-state index contributed by atoms with van der Waals surface area (Å²) in [6.45, 7) is 1.05. The minimum absolute atomic E-state index is 0.0133. The van der Waals surface area contributed by atoms with E-state index in [2.05, 4.69) is 15.2 Å². The summed E-state index contributed by atoms with van der Waals surface area (Å²) in [5.74, 6) is -0.590. The van der Waals surface area contributed by atoms with E-state index in [0.29, 0.717) is 13.1 Å². The maximum Gasteiger partial charge on any atom is 0.250 e. The summed E-state index contributed by atoms with van der Waals surface area (Å²) >= 11 is 0. The fourth-order valence-electron chi connectivity index (χ4n) is 5.94. The summed E-state index contributed by atoms with van der Waals surface area (Å²) in [5.41, 5.74) is 1.89. The number of amides is 1. The number of rotatable bonds is 5. The van der Waals surface area contributed by atoms with E-state index >= 15 is 0 Å². The van der Waals surface area contributed by atoms with Gasteiger partial charge in [0.15, 0.2) is 0 Å². The topological polar surface area (TPSA) is 87.5 Å². The molecule has 5 rings (SSSR count). The normalized spacial score (nSPS) is 28.3. The van der Waals surface area contributed by atoms with Gasteiger partial charge < -0.3 is 15.0 Å². The van der Waals surface area contributed by atoms with Crippen LogP contribution >= 0.6 is 0 Å². The molecule has 2 aromatic heterocycles. The minimum atomic E-state index is -0.385. The van der Waals surface area contributed by atoms with Gasteiger partial charge in [-0.05, 0) is 30.5 Å². The first-order chi connectivity index (χ1) is 15.2. The van der Waals surface area contributed by atoms with Crippen molar-refractivity contribution in [2.45, 2.75) is 63.3 Å². The van der Waals surface area contributed by atoms with E-state index < -0.39 is 0 Å². The molecule has 4 atom stereocenters. The predicted molar refractivity (Wildman–Crippen MR) is 116 cm³/mol. The number of aromatic nitrogens is 2. The van der Waals surface area contributed by atoms with Crippen molar-refractivity contribution in [2.75, 3.05) is 6.61 Å². The highest BCUT2D eigenvalue weighted by Crippen LogP contribution is 2.48. The smallest absolute Gasteiger partial charge is 0.250 e. The lowest BCUT2D eigenvalue weighted by Gasteiger charge is -2.38. The number of nitrogens with zero attached hydrogens (tertiary/aromatic N) is 3. The fraction of sp³-hybridized carbons (Fsp3) is 0.542. The lowest BCUT2D eigenvalue weighted by molar-refractivity contribution is -0.128. The number of aliphatic hydroxyl groups is 1. The van der Waals surface area contributed by atoms with Crippen LogP contribution in [0.4, 0.5) is 0 Å². The highest BCUT2D eigenvalue weighted by atomic mass is 16.3. The van der Waals surface area contributed by atoms with Crippen molar-refractivity contribution >= 4 is 5.91 Å². The Bertz CT molecular complexity index is 986. The van der Waals surface area contributed by atoms with E-state index in [-0.39, 0.29) is 48.0 Å². The quantitative estimate of drug-likeness (QED) is 0.768. The Morgan fingerprint density at radius 3 is 2.74 bits per heavy atom. The van der Waals surface area contributed by atoms with Crippen molar-refractivity contribution in [3.05, 3.63) is 64.3 Å². The van der Waals surface area contributed by atoms with Gasteiger partial charge in [-0.15, -0.1) is 0 Å². The first-order valence-electron chi connectivity index (χ1n) is 11.4. The van der Waals surface area contributed by atoms with E-state index in [1.807, 2.05) is 24.4 Å². The summed E-state index contributed by atoms with van der Waals surface area (Å²) in [6, 6.07) is 9.15. The number of carbonyl (C=O) groups is 1. The molecule has 7 heteroatoms. The van der Waals surface area contributed by atoms with Crippen LogP contribution in [0.5, 0.6) is 0 Å². The molecular formula is C24H30N4O3. The Kier molecular flexibility index (Phi) is 5.63. The highest BCUT2D eigenvalue weighted by Gasteiger charge is 2.55. The molecule has 1 aliphatic carbocycles. The molecule has 4 heterocycles. The third-order valence-corrected chi connectivity index (χ3v) is 7.39. The molecule has 164 valence electrons. The van der Waals surface area contributed by atoms with Crippen LogP contribution in [0, 0.1) is 11.8 Å². The van der Waals surface area contributed by atoms with Crippen LogP contribution in [0.15, 0.2) is 47.5 Å². The van der Waals surface area contributed by atoms with Crippen molar-refractivity contribution < 1.29 is 9.90 Å². The van der Waals surface area contributed by atoms with E-state index in [1.54, 1.807) is 22.9 Å². The lowest BCUT2D eigenvalue weighted by Crippen LogP contribution is -2.46. The molecular weight excluding hydrogens is 392 g/mol. The summed E-state index contributed by atoms with van der Waals surface area (Å²) < 4.78 is 1.80. The zero-order valence-electron chi connectivity index (χ0n) is 17.7. The van der Waals surface area contributed by atoms with Crippen LogP contribution < -0.4 is 10.9 Å². The predicted octanol–water partition coefficient (Wildman–Crippen LogP) is 1.86. The van der Waals surface area contributed by atoms with Crippen LogP contribution in [0.25, 0.3) is 0 Å². The zero-order chi connectivity index (χ0) is 21.4.